The van der Waals surface area contributed by atoms with Crippen molar-refractivity contribution in [1.29, 1.82) is 0 Å². The molecule has 1 aliphatic carbocycles. The largest absolute Gasteiger partial charge is 0.329 e. The Balaban J connectivity index is 0.000000267. The molecule has 2 aromatic carbocycles. The summed E-state index contributed by atoms with van der Waals surface area (Å²) in [5.41, 5.74) is 1.67. The molecule has 1 saturated carbocycles. The van der Waals surface area contributed by atoms with Gasteiger partial charge in [0.25, 0.3) is 0 Å². The lowest BCUT2D eigenvalue weighted by Crippen LogP contribution is -2.54. The molecule has 0 radical (unpaired) electrons. The Morgan fingerprint density at radius 2 is 1.85 bits per heavy atom. The Bertz CT molecular complexity index is 1290. The second-order valence-electron chi connectivity index (χ2n) is 10.2. The van der Waals surface area contributed by atoms with Crippen molar-refractivity contribution >= 4 is 52.7 Å². The number of Topliss-reactive ketones (excluding diaryl/α,β-unsaturated/α-hetero) is 1. The average molecular weight is 587 g/mol. The number of nitrogens with one attached hydrogen (secondary N) is 3. The van der Waals surface area contributed by atoms with Crippen LogP contribution >= 0.6 is 23.2 Å². The van der Waals surface area contributed by atoms with Gasteiger partial charge in [0.05, 0.1) is 5.92 Å². The quantitative estimate of drug-likeness (QED) is 0.164. The zero-order chi connectivity index (χ0) is 29.3. The highest BCUT2D eigenvalue weighted by Gasteiger charge is 2.56. The molecule has 1 spiro atoms. The first-order valence-electron chi connectivity index (χ1n) is 13.1. The molecule has 2 atom stereocenters. The smallest absolute Gasteiger partial charge is 0.230 e. The second kappa shape index (κ2) is 14.4. The van der Waals surface area contributed by atoms with Crippen molar-refractivity contribution < 1.29 is 18.8 Å². The second-order valence-corrected chi connectivity index (χ2v) is 11.1. The topological polar surface area (TPSA) is 87.3 Å². The molecular weight excluding hydrogens is 552 g/mol. The molecule has 9 heteroatoms. The van der Waals surface area contributed by atoms with Gasteiger partial charge in [0.1, 0.15) is 5.83 Å². The number of anilines is 2. The van der Waals surface area contributed by atoms with Crippen molar-refractivity contribution in [2.24, 2.45) is 17.8 Å². The number of rotatable bonds is 9. The number of carbonyl (C=O) groups is 3. The number of ketones is 1. The molecule has 3 N–H and O–H groups in total. The van der Waals surface area contributed by atoms with Gasteiger partial charge >= 0.3 is 0 Å². The lowest BCUT2D eigenvalue weighted by atomic mass is 9.66. The fraction of sp³-hybridized carbons (Fsp3) is 0.323. The van der Waals surface area contributed by atoms with Gasteiger partial charge in [-0.2, -0.15) is 0 Å². The van der Waals surface area contributed by atoms with Crippen LogP contribution in [0.25, 0.3) is 0 Å². The highest BCUT2D eigenvalue weighted by Crippen LogP contribution is 2.48. The molecule has 2 unspecified atom stereocenters. The molecule has 2 fully saturated rings. The van der Waals surface area contributed by atoms with Gasteiger partial charge in [-0.05, 0) is 73.9 Å². The number of halogens is 3. The highest BCUT2D eigenvalue weighted by molar-refractivity contribution is 6.31. The van der Waals surface area contributed by atoms with Crippen LogP contribution in [0.4, 0.5) is 15.8 Å². The summed E-state index contributed by atoms with van der Waals surface area (Å²) < 4.78 is 14.8. The molecule has 0 aromatic heterocycles. The van der Waals surface area contributed by atoms with E-state index in [4.69, 9.17) is 23.2 Å². The number of allylic oxidation sites excluding steroid dienone is 4. The van der Waals surface area contributed by atoms with Crippen molar-refractivity contribution in [2.75, 3.05) is 17.2 Å². The zero-order valence-corrected chi connectivity index (χ0v) is 24.1. The molecule has 2 aliphatic rings. The van der Waals surface area contributed by atoms with E-state index in [0.29, 0.717) is 39.9 Å². The first-order chi connectivity index (χ1) is 19.1. The number of hydrogen-bond donors (Lipinski definition) is 3. The van der Waals surface area contributed by atoms with E-state index in [-0.39, 0.29) is 29.0 Å². The van der Waals surface area contributed by atoms with E-state index >= 15 is 0 Å². The van der Waals surface area contributed by atoms with Crippen LogP contribution in [0.3, 0.4) is 0 Å². The Morgan fingerprint density at radius 3 is 2.40 bits per heavy atom. The lowest BCUT2D eigenvalue weighted by molar-refractivity contribution is -0.124. The van der Waals surface area contributed by atoms with E-state index in [1.807, 2.05) is 13.8 Å². The predicted molar refractivity (Wildman–Crippen MR) is 160 cm³/mol. The third-order valence-corrected chi connectivity index (χ3v) is 7.46. The van der Waals surface area contributed by atoms with Crippen molar-refractivity contribution in [3.63, 3.8) is 0 Å². The van der Waals surface area contributed by atoms with E-state index in [9.17, 15) is 18.8 Å². The predicted octanol–water partition coefficient (Wildman–Crippen LogP) is 7.29. The Hall–Kier alpha value is -3.26. The lowest BCUT2D eigenvalue weighted by Gasteiger charge is -2.43. The van der Waals surface area contributed by atoms with Crippen LogP contribution in [0, 0.1) is 17.8 Å². The van der Waals surface area contributed by atoms with Crippen LogP contribution in [0.15, 0.2) is 84.2 Å². The number of carbonyl (C=O) groups excluding carboxylic acids is 3. The van der Waals surface area contributed by atoms with Crippen LogP contribution in [-0.2, 0) is 9.59 Å². The van der Waals surface area contributed by atoms with Gasteiger partial charge in [-0.3, -0.25) is 14.4 Å². The van der Waals surface area contributed by atoms with Gasteiger partial charge in [-0.15, -0.1) is 0 Å². The molecule has 212 valence electrons. The highest BCUT2D eigenvalue weighted by atomic mass is 35.5. The van der Waals surface area contributed by atoms with Crippen molar-refractivity contribution in [1.82, 2.24) is 5.32 Å². The van der Waals surface area contributed by atoms with Crippen LogP contribution < -0.4 is 16.0 Å². The van der Waals surface area contributed by atoms with E-state index < -0.39 is 11.8 Å². The summed E-state index contributed by atoms with van der Waals surface area (Å²) in [5, 5.41) is 9.67. The van der Waals surface area contributed by atoms with Gasteiger partial charge < -0.3 is 16.0 Å². The maximum atomic E-state index is 14.8. The average Bonchev–Trinajstić information content (AvgIpc) is 3.31. The fourth-order valence-corrected chi connectivity index (χ4v) is 5.21. The summed E-state index contributed by atoms with van der Waals surface area (Å²) >= 11 is 11.6. The zero-order valence-electron chi connectivity index (χ0n) is 22.6. The fourth-order valence-electron chi connectivity index (χ4n) is 4.95. The van der Waals surface area contributed by atoms with E-state index in [1.54, 1.807) is 48.5 Å². The summed E-state index contributed by atoms with van der Waals surface area (Å²) in [6.45, 7) is 7.69. The molecule has 4 rings (SSSR count). The van der Waals surface area contributed by atoms with Gasteiger partial charge in [-0.25, -0.2) is 4.39 Å². The maximum absolute atomic E-state index is 14.8. The number of hydrogen-bond acceptors (Lipinski definition) is 4. The molecule has 0 bridgehead atoms. The minimum absolute atomic E-state index is 0.000111. The van der Waals surface area contributed by atoms with Gasteiger partial charge in [0, 0.05) is 50.9 Å². The molecule has 2 amide bonds. The van der Waals surface area contributed by atoms with Gasteiger partial charge in [0.2, 0.25) is 12.3 Å². The maximum Gasteiger partial charge on any atom is 0.230 e. The molecule has 1 saturated heterocycles. The Morgan fingerprint density at radius 1 is 1.15 bits per heavy atom. The molecule has 1 aliphatic heterocycles. The van der Waals surface area contributed by atoms with Crippen LogP contribution in [0.5, 0.6) is 0 Å². The Kier molecular flexibility index (Phi) is 11.3. The third kappa shape index (κ3) is 8.13. The third-order valence-electron chi connectivity index (χ3n) is 7.10. The van der Waals surface area contributed by atoms with Crippen LogP contribution in [0.2, 0.25) is 5.02 Å². The monoisotopic (exact) mass is 585 g/mol. The summed E-state index contributed by atoms with van der Waals surface area (Å²) in [5.74, 6) is -1.39. The molecular formula is C31H34Cl2FN3O3. The van der Waals surface area contributed by atoms with E-state index in [2.05, 4.69) is 22.5 Å². The molecule has 1 heterocycles. The van der Waals surface area contributed by atoms with Crippen molar-refractivity contribution in [2.45, 2.75) is 38.6 Å². The van der Waals surface area contributed by atoms with Crippen LogP contribution in [0.1, 0.15) is 43.5 Å². The molecule has 40 heavy (non-hydrogen) atoms. The minimum atomic E-state index is -0.511. The number of amides is 2. The van der Waals surface area contributed by atoms with Crippen LogP contribution in [-0.4, -0.2) is 30.2 Å². The standard InChI is InChI=1S/C20H21Cl2FN2O.C11H13NO2/c1-13(21)5-2-8-17(23)16-12-24-20(9-4-10-20)18(16)19(26)25-15-7-3-6-14(22)11-15;1-8(2)11(14)9-3-5-10(6-4-9)12-7-13/h2-3,5-8,11,16,18,24H,1,4,9-10,12H2,(H,25,26);3-8H,1-2H3,(H,12,13)/b5-2-,17-8-;. The normalized spacial score (nSPS) is 19.5. The molecule has 2 aromatic rings. The minimum Gasteiger partial charge on any atom is -0.329 e. The Labute approximate surface area is 244 Å². The first kappa shape index (κ1) is 31.3. The summed E-state index contributed by atoms with van der Waals surface area (Å²) in [4.78, 5) is 34.6. The summed E-state index contributed by atoms with van der Waals surface area (Å²) in [6.07, 6.45) is 7.79. The van der Waals surface area contributed by atoms with Crippen molar-refractivity contribution in [3.8, 4) is 0 Å². The summed E-state index contributed by atoms with van der Waals surface area (Å²) in [6, 6.07) is 13.8. The summed E-state index contributed by atoms with van der Waals surface area (Å²) in [7, 11) is 0. The van der Waals surface area contributed by atoms with E-state index in [1.165, 1.54) is 18.2 Å². The first-order valence-corrected chi connectivity index (χ1v) is 13.9. The van der Waals surface area contributed by atoms with Gasteiger partial charge in [-0.1, -0.05) is 55.8 Å². The number of benzene rings is 2. The van der Waals surface area contributed by atoms with Gasteiger partial charge in [0.15, 0.2) is 5.78 Å². The molecule has 6 nitrogen and oxygen atoms in total. The SMILES string of the molecule is C=C(Cl)/C=C\C=C(/F)C1CNC2(CCC2)C1C(=O)Nc1cccc(Cl)c1.CC(C)C(=O)c1ccc(NC=O)cc1. The van der Waals surface area contributed by atoms with E-state index in [0.717, 1.165) is 19.3 Å². The van der Waals surface area contributed by atoms with Crippen molar-refractivity contribution in [3.05, 3.63) is 94.8 Å².